The third-order valence-electron chi connectivity index (χ3n) is 4.97. The molecule has 2 aromatic rings. The Bertz CT molecular complexity index is 943. The lowest BCUT2D eigenvalue weighted by Crippen LogP contribution is -2.40. The van der Waals surface area contributed by atoms with E-state index in [4.69, 9.17) is 0 Å². The molecule has 0 unspecified atom stereocenters. The Kier molecular flexibility index (Phi) is 6.50. The van der Waals surface area contributed by atoms with Gasteiger partial charge < -0.3 is 10.2 Å². The summed E-state index contributed by atoms with van der Waals surface area (Å²) in [5, 5.41) is 2.79. The number of halogens is 1. The molecule has 0 saturated carbocycles. The minimum atomic E-state index is -0.932. The molecule has 7 heteroatoms. The van der Waals surface area contributed by atoms with Gasteiger partial charge in [-0.3, -0.25) is 9.59 Å². The highest BCUT2D eigenvalue weighted by Gasteiger charge is 2.46. The maximum Gasteiger partial charge on any atom is 0.332 e. The molecule has 1 aliphatic rings. The number of aryl methyl sites for hydroxylation is 1. The second-order valence-electron chi connectivity index (χ2n) is 7.80. The first-order chi connectivity index (χ1) is 14.3. The van der Waals surface area contributed by atoms with Gasteiger partial charge in [0.1, 0.15) is 11.9 Å². The Hall–Kier alpha value is -3.22. The first-order valence-electron chi connectivity index (χ1n) is 10.1. The number of rotatable bonds is 7. The summed E-state index contributed by atoms with van der Waals surface area (Å²) < 4.78 is 13.7. The van der Waals surface area contributed by atoms with Crippen LogP contribution in [0.4, 0.5) is 20.6 Å². The molecule has 30 heavy (non-hydrogen) atoms. The number of benzene rings is 2. The zero-order chi connectivity index (χ0) is 21.8. The van der Waals surface area contributed by atoms with Crippen LogP contribution in [0.3, 0.4) is 0 Å². The number of amides is 4. The molecule has 0 spiro atoms. The Morgan fingerprint density at radius 1 is 1.13 bits per heavy atom. The van der Waals surface area contributed by atoms with E-state index in [1.807, 2.05) is 45.0 Å². The normalized spacial score (nSPS) is 16.5. The molecule has 1 aliphatic heterocycles. The minimum absolute atomic E-state index is 0.0985. The molecule has 6 nitrogen and oxygen atoms in total. The topological polar surface area (TPSA) is 69.7 Å². The molecule has 1 fully saturated rings. The molecule has 4 amide bonds. The lowest BCUT2D eigenvalue weighted by molar-refractivity contribution is -0.124. The van der Waals surface area contributed by atoms with Crippen LogP contribution >= 0.6 is 0 Å². The number of carbonyl (C=O) groups is 3. The van der Waals surface area contributed by atoms with Gasteiger partial charge in [0.2, 0.25) is 5.91 Å². The smallest absolute Gasteiger partial charge is 0.326 e. The van der Waals surface area contributed by atoms with Crippen molar-refractivity contribution in [2.24, 2.45) is 5.92 Å². The van der Waals surface area contributed by atoms with Crippen LogP contribution in [0.2, 0.25) is 0 Å². The first-order valence-corrected chi connectivity index (χ1v) is 10.1. The van der Waals surface area contributed by atoms with Gasteiger partial charge in [0.15, 0.2) is 0 Å². The summed E-state index contributed by atoms with van der Waals surface area (Å²) in [6.45, 7) is 6.22. The fraction of sp³-hybridized carbons (Fsp3) is 0.348. The third kappa shape index (κ3) is 4.67. The lowest BCUT2D eigenvalue weighted by Gasteiger charge is -2.23. The summed E-state index contributed by atoms with van der Waals surface area (Å²) in [6.07, 6.45) is 0.728. The number of nitrogens with zero attached hydrogens (tertiary/aromatic N) is 2. The monoisotopic (exact) mass is 411 g/mol. The summed E-state index contributed by atoms with van der Waals surface area (Å²) in [5.74, 6) is -1.33. The summed E-state index contributed by atoms with van der Waals surface area (Å²) in [6, 6.07) is 11.3. The van der Waals surface area contributed by atoms with Crippen molar-refractivity contribution in [3.63, 3.8) is 0 Å². The van der Waals surface area contributed by atoms with E-state index in [0.717, 1.165) is 23.0 Å². The minimum Gasteiger partial charge on any atom is -0.326 e. The average molecular weight is 411 g/mol. The van der Waals surface area contributed by atoms with Gasteiger partial charge in [0.25, 0.3) is 5.91 Å². The van der Waals surface area contributed by atoms with Gasteiger partial charge >= 0.3 is 6.03 Å². The van der Waals surface area contributed by atoms with E-state index in [1.165, 1.54) is 23.1 Å². The van der Waals surface area contributed by atoms with E-state index >= 15 is 0 Å². The number of hydrogen-bond donors (Lipinski definition) is 1. The standard InChI is InChI=1S/C23H26FN3O3/c1-4-16-8-10-18(11-9-16)25-21(28)13-20-22(29)27(19-7-5-6-17(24)12-19)23(30)26(20)14-15(2)3/h5-12,15,20H,4,13-14H2,1-3H3,(H,25,28)/t20-/m0/s1. The maximum atomic E-state index is 13.7. The molecule has 0 aromatic heterocycles. The molecule has 0 radical (unpaired) electrons. The molecule has 1 N–H and O–H groups in total. The van der Waals surface area contributed by atoms with E-state index in [-0.39, 0.29) is 23.9 Å². The highest BCUT2D eigenvalue weighted by atomic mass is 19.1. The Balaban J connectivity index is 1.80. The number of carbonyl (C=O) groups excluding carboxylic acids is 3. The number of hydrogen-bond acceptors (Lipinski definition) is 3. The van der Waals surface area contributed by atoms with Crippen molar-refractivity contribution in [2.45, 2.75) is 39.7 Å². The molecule has 0 bridgehead atoms. The Morgan fingerprint density at radius 2 is 1.83 bits per heavy atom. The molecule has 1 saturated heterocycles. The molecule has 3 rings (SSSR count). The molecule has 1 heterocycles. The van der Waals surface area contributed by atoms with E-state index in [0.29, 0.717) is 12.2 Å². The van der Waals surface area contributed by atoms with Crippen LogP contribution in [0.5, 0.6) is 0 Å². The predicted octanol–water partition coefficient (Wildman–Crippen LogP) is 4.21. The molecule has 1 atom stereocenters. The summed E-state index contributed by atoms with van der Waals surface area (Å²) >= 11 is 0. The Morgan fingerprint density at radius 3 is 2.43 bits per heavy atom. The molecule has 2 aromatic carbocycles. The van der Waals surface area contributed by atoms with Gasteiger partial charge in [-0.05, 0) is 48.2 Å². The third-order valence-corrected chi connectivity index (χ3v) is 4.97. The SMILES string of the molecule is CCc1ccc(NC(=O)C[C@H]2C(=O)N(c3cccc(F)c3)C(=O)N2CC(C)C)cc1. The predicted molar refractivity (Wildman–Crippen MR) is 114 cm³/mol. The number of nitrogens with one attached hydrogen (secondary N) is 1. The van der Waals surface area contributed by atoms with Gasteiger partial charge in [0.05, 0.1) is 12.1 Å². The lowest BCUT2D eigenvalue weighted by atomic mass is 10.1. The van der Waals surface area contributed by atoms with Crippen molar-refractivity contribution in [1.82, 2.24) is 4.90 Å². The number of anilines is 2. The van der Waals surface area contributed by atoms with Crippen LogP contribution < -0.4 is 10.2 Å². The number of imide groups is 1. The van der Waals surface area contributed by atoms with Crippen LogP contribution in [-0.4, -0.2) is 35.3 Å². The van der Waals surface area contributed by atoms with Crippen LogP contribution in [0, 0.1) is 11.7 Å². The van der Waals surface area contributed by atoms with Crippen molar-refractivity contribution in [2.75, 3.05) is 16.8 Å². The molecular formula is C23H26FN3O3. The summed E-state index contributed by atoms with van der Waals surface area (Å²) in [4.78, 5) is 41.0. The van der Waals surface area contributed by atoms with E-state index in [9.17, 15) is 18.8 Å². The van der Waals surface area contributed by atoms with E-state index < -0.39 is 23.8 Å². The molecule has 158 valence electrons. The van der Waals surface area contributed by atoms with Crippen LogP contribution in [0.15, 0.2) is 48.5 Å². The summed E-state index contributed by atoms with van der Waals surface area (Å²) in [7, 11) is 0. The van der Waals surface area contributed by atoms with Crippen molar-refractivity contribution < 1.29 is 18.8 Å². The summed E-state index contributed by atoms with van der Waals surface area (Å²) in [5.41, 5.74) is 1.95. The largest absolute Gasteiger partial charge is 0.332 e. The Labute approximate surface area is 175 Å². The molecule has 0 aliphatic carbocycles. The van der Waals surface area contributed by atoms with E-state index in [1.54, 1.807) is 0 Å². The average Bonchev–Trinajstić information content (AvgIpc) is 2.92. The van der Waals surface area contributed by atoms with Crippen molar-refractivity contribution >= 4 is 29.2 Å². The fourth-order valence-electron chi connectivity index (χ4n) is 3.50. The van der Waals surface area contributed by atoms with Crippen LogP contribution in [-0.2, 0) is 16.0 Å². The van der Waals surface area contributed by atoms with Gasteiger partial charge in [-0.2, -0.15) is 0 Å². The second-order valence-corrected chi connectivity index (χ2v) is 7.80. The second kappa shape index (κ2) is 9.07. The van der Waals surface area contributed by atoms with Gasteiger partial charge in [0, 0.05) is 12.2 Å². The van der Waals surface area contributed by atoms with Gasteiger partial charge in [-0.15, -0.1) is 0 Å². The highest BCUT2D eigenvalue weighted by Crippen LogP contribution is 2.28. The van der Waals surface area contributed by atoms with Crippen LogP contribution in [0.25, 0.3) is 0 Å². The first kappa shape index (κ1) is 21.5. The van der Waals surface area contributed by atoms with Crippen molar-refractivity contribution in [3.05, 3.63) is 59.9 Å². The fourth-order valence-corrected chi connectivity index (χ4v) is 3.50. The van der Waals surface area contributed by atoms with Gasteiger partial charge in [-0.1, -0.05) is 39.0 Å². The zero-order valence-corrected chi connectivity index (χ0v) is 17.4. The zero-order valence-electron chi connectivity index (χ0n) is 17.4. The molecular weight excluding hydrogens is 385 g/mol. The van der Waals surface area contributed by atoms with Crippen molar-refractivity contribution in [3.8, 4) is 0 Å². The quantitative estimate of drug-likeness (QED) is 0.694. The van der Waals surface area contributed by atoms with Crippen LogP contribution in [0.1, 0.15) is 32.8 Å². The highest BCUT2D eigenvalue weighted by molar-refractivity contribution is 6.22. The van der Waals surface area contributed by atoms with E-state index in [2.05, 4.69) is 5.32 Å². The van der Waals surface area contributed by atoms with Gasteiger partial charge in [-0.25, -0.2) is 14.1 Å². The number of urea groups is 1. The maximum absolute atomic E-state index is 13.7. The van der Waals surface area contributed by atoms with Crippen molar-refractivity contribution in [1.29, 1.82) is 0 Å².